The maximum absolute atomic E-state index is 12.4. The van der Waals surface area contributed by atoms with E-state index in [0.29, 0.717) is 19.0 Å². The standard InChI is InChI=1S/C18H17N5O2/c1-12-17(14-7-19-11-20-8-14)21-18-22(12)10-16(24)23(18)9-13-3-5-15(25-2)6-4-13/h3-8,11H,9-10H2,1-2H3. The molecule has 0 atom stereocenters. The first kappa shape index (κ1) is 15.3. The van der Waals surface area contributed by atoms with E-state index in [1.54, 1.807) is 24.4 Å². The summed E-state index contributed by atoms with van der Waals surface area (Å²) in [6.45, 7) is 2.74. The van der Waals surface area contributed by atoms with Gasteiger partial charge in [-0.25, -0.2) is 15.0 Å². The second-order valence-electron chi connectivity index (χ2n) is 5.89. The maximum Gasteiger partial charge on any atom is 0.249 e. The van der Waals surface area contributed by atoms with Gasteiger partial charge in [0.05, 0.1) is 19.3 Å². The normalized spacial score (nSPS) is 13.2. The molecule has 1 aliphatic heterocycles. The average Bonchev–Trinajstić information content (AvgIpc) is 3.13. The summed E-state index contributed by atoms with van der Waals surface area (Å²) in [6.07, 6.45) is 4.95. The summed E-state index contributed by atoms with van der Waals surface area (Å²) in [4.78, 5) is 26.9. The lowest BCUT2D eigenvalue weighted by Gasteiger charge is -2.14. The number of imidazole rings is 1. The van der Waals surface area contributed by atoms with E-state index in [9.17, 15) is 4.79 Å². The van der Waals surface area contributed by atoms with E-state index in [1.807, 2.05) is 35.8 Å². The summed E-state index contributed by atoms with van der Waals surface area (Å²) in [6, 6.07) is 7.69. The van der Waals surface area contributed by atoms with Crippen LogP contribution in [-0.4, -0.2) is 32.5 Å². The number of nitrogens with zero attached hydrogens (tertiary/aromatic N) is 5. The van der Waals surface area contributed by atoms with Crippen LogP contribution in [0.3, 0.4) is 0 Å². The molecule has 126 valence electrons. The SMILES string of the molecule is COc1ccc(CN2C(=O)Cn3c2nc(-c2cncnc2)c3C)cc1. The molecule has 0 saturated carbocycles. The zero-order valence-electron chi connectivity index (χ0n) is 14.0. The highest BCUT2D eigenvalue weighted by Crippen LogP contribution is 2.31. The molecule has 0 spiro atoms. The highest BCUT2D eigenvalue weighted by Gasteiger charge is 2.32. The van der Waals surface area contributed by atoms with Gasteiger partial charge in [0, 0.05) is 23.7 Å². The van der Waals surface area contributed by atoms with Gasteiger partial charge in [0.2, 0.25) is 11.9 Å². The zero-order valence-corrected chi connectivity index (χ0v) is 14.0. The molecule has 0 radical (unpaired) electrons. The Morgan fingerprint density at radius 1 is 1.16 bits per heavy atom. The number of benzene rings is 1. The van der Waals surface area contributed by atoms with Crippen molar-refractivity contribution in [3.63, 3.8) is 0 Å². The Morgan fingerprint density at radius 3 is 2.56 bits per heavy atom. The number of rotatable bonds is 4. The molecule has 1 aromatic carbocycles. The van der Waals surface area contributed by atoms with Crippen LogP contribution in [0.4, 0.5) is 5.95 Å². The van der Waals surface area contributed by atoms with Crippen LogP contribution in [0.5, 0.6) is 5.75 Å². The highest BCUT2D eigenvalue weighted by atomic mass is 16.5. The van der Waals surface area contributed by atoms with Gasteiger partial charge >= 0.3 is 0 Å². The summed E-state index contributed by atoms with van der Waals surface area (Å²) < 4.78 is 7.11. The van der Waals surface area contributed by atoms with Gasteiger partial charge in [-0.05, 0) is 24.6 Å². The molecule has 1 aliphatic rings. The van der Waals surface area contributed by atoms with Crippen molar-refractivity contribution >= 4 is 11.9 Å². The van der Waals surface area contributed by atoms with E-state index >= 15 is 0 Å². The van der Waals surface area contributed by atoms with E-state index in [2.05, 4.69) is 15.0 Å². The first-order chi connectivity index (χ1) is 12.2. The van der Waals surface area contributed by atoms with Gasteiger partial charge in [-0.1, -0.05) is 12.1 Å². The topological polar surface area (TPSA) is 73.1 Å². The third-order valence-electron chi connectivity index (χ3n) is 4.37. The number of carbonyl (C=O) groups is 1. The smallest absolute Gasteiger partial charge is 0.249 e. The summed E-state index contributed by atoms with van der Waals surface area (Å²) >= 11 is 0. The second kappa shape index (κ2) is 6.01. The molecular weight excluding hydrogens is 318 g/mol. The van der Waals surface area contributed by atoms with Crippen LogP contribution in [0, 0.1) is 6.92 Å². The van der Waals surface area contributed by atoms with Crippen LogP contribution in [0.15, 0.2) is 43.0 Å². The number of anilines is 1. The van der Waals surface area contributed by atoms with Crippen molar-refractivity contribution in [1.29, 1.82) is 0 Å². The first-order valence-corrected chi connectivity index (χ1v) is 7.93. The van der Waals surface area contributed by atoms with Gasteiger partial charge in [-0.3, -0.25) is 9.69 Å². The second-order valence-corrected chi connectivity index (χ2v) is 5.89. The van der Waals surface area contributed by atoms with Gasteiger partial charge in [-0.15, -0.1) is 0 Å². The van der Waals surface area contributed by atoms with Crippen LogP contribution in [0.1, 0.15) is 11.3 Å². The highest BCUT2D eigenvalue weighted by molar-refractivity contribution is 5.96. The van der Waals surface area contributed by atoms with Crippen LogP contribution in [-0.2, 0) is 17.9 Å². The fourth-order valence-electron chi connectivity index (χ4n) is 3.01. The molecule has 3 aromatic rings. The zero-order chi connectivity index (χ0) is 17.4. The molecular formula is C18H17N5O2. The van der Waals surface area contributed by atoms with E-state index in [-0.39, 0.29) is 5.91 Å². The number of amides is 1. The fraction of sp³-hybridized carbons (Fsp3) is 0.222. The van der Waals surface area contributed by atoms with Crippen LogP contribution in [0.2, 0.25) is 0 Å². The van der Waals surface area contributed by atoms with Gasteiger partial charge in [-0.2, -0.15) is 0 Å². The minimum absolute atomic E-state index is 0.0391. The van der Waals surface area contributed by atoms with Crippen LogP contribution >= 0.6 is 0 Å². The third-order valence-corrected chi connectivity index (χ3v) is 4.37. The van der Waals surface area contributed by atoms with Gasteiger partial charge < -0.3 is 9.30 Å². The Kier molecular flexibility index (Phi) is 3.68. The van der Waals surface area contributed by atoms with Crippen LogP contribution < -0.4 is 9.64 Å². The minimum atomic E-state index is 0.0391. The quantitative estimate of drug-likeness (QED) is 0.731. The average molecular weight is 335 g/mol. The van der Waals surface area contributed by atoms with E-state index < -0.39 is 0 Å². The van der Waals surface area contributed by atoms with Crippen molar-refractivity contribution in [2.75, 3.05) is 12.0 Å². The lowest BCUT2D eigenvalue weighted by molar-refractivity contribution is -0.118. The van der Waals surface area contributed by atoms with Crippen molar-refractivity contribution in [3.05, 3.63) is 54.2 Å². The van der Waals surface area contributed by atoms with E-state index in [0.717, 1.165) is 28.3 Å². The Balaban J connectivity index is 1.67. The molecule has 0 bridgehead atoms. The molecule has 1 amide bonds. The molecule has 4 rings (SSSR count). The summed E-state index contributed by atoms with van der Waals surface area (Å²) in [5.41, 5.74) is 3.62. The number of fused-ring (bicyclic) bond motifs is 1. The van der Waals surface area contributed by atoms with Gasteiger partial charge in [0.1, 0.15) is 18.6 Å². The summed E-state index contributed by atoms with van der Waals surface area (Å²) in [5, 5.41) is 0. The molecule has 3 heterocycles. The molecule has 0 saturated heterocycles. The minimum Gasteiger partial charge on any atom is -0.497 e. The maximum atomic E-state index is 12.4. The Hall–Kier alpha value is -3.22. The van der Waals surface area contributed by atoms with Gasteiger partial charge in [0.25, 0.3) is 0 Å². The number of hydrogen-bond acceptors (Lipinski definition) is 5. The lowest BCUT2D eigenvalue weighted by Crippen LogP contribution is -2.26. The largest absolute Gasteiger partial charge is 0.497 e. The number of aromatic nitrogens is 4. The summed E-state index contributed by atoms with van der Waals surface area (Å²) in [5.74, 6) is 1.50. The van der Waals surface area contributed by atoms with Crippen molar-refractivity contribution in [3.8, 4) is 17.0 Å². The van der Waals surface area contributed by atoms with Crippen molar-refractivity contribution < 1.29 is 9.53 Å². The van der Waals surface area contributed by atoms with Crippen molar-refractivity contribution in [2.24, 2.45) is 0 Å². The predicted octanol–water partition coefficient (Wildman–Crippen LogP) is 2.20. The molecule has 7 nitrogen and oxygen atoms in total. The monoisotopic (exact) mass is 335 g/mol. The Labute approximate surface area is 144 Å². The van der Waals surface area contributed by atoms with E-state index in [4.69, 9.17) is 4.74 Å². The predicted molar refractivity (Wildman–Crippen MR) is 92.2 cm³/mol. The lowest BCUT2D eigenvalue weighted by atomic mass is 10.2. The van der Waals surface area contributed by atoms with E-state index in [1.165, 1.54) is 6.33 Å². The van der Waals surface area contributed by atoms with Crippen molar-refractivity contribution in [2.45, 2.75) is 20.0 Å². The van der Waals surface area contributed by atoms with Gasteiger partial charge in [0.15, 0.2) is 0 Å². The number of carbonyl (C=O) groups excluding carboxylic acids is 1. The third kappa shape index (κ3) is 2.63. The molecule has 0 aliphatic carbocycles. The molecule has 0 unspecified atom stereocenters. The molecule has 0 fully saturated rings. The van der Waals surface area contributed by atoms with Crippen molar-refractivity contribution in [1.82, 2.24) is 19.5 Å². The fourth-order valence-corrected chi connectivity index (χ4v) is 3.01. The number of hydrogen-bond donors (Lipinski definition) is 0. The summed E-state index contributed by atoms with van der Waals surface area (Å²) in [7, 11) is 1.63. The molecule has 2 aromatic heterocycles. The number of methoxy groups -OCH3 is 1. The Bertz CT molecular complexity index is 919. The Morgan fingerprint density at radius 2 is 1.88 bits per heavy atom. The molecule has 7 heteroatoms. The molecule has 25 heavy (non-hydrogen) atoms. The number of ether oxygens (including phenoxy) is 1. The molecule has 0 N–H and O–H groups in total. The first-order valence-electron chi connectivity index (χ1n) is 7.93. The van der Waals surface area contributed by atoms with Crippen LogP contribution in [0.25, 0.3) is 11.3 Å².